The standard InChI is InChI=1S/C19H27N3O2S.HI/c1-4-17-9-10-18(25-17)14-21-19(20-2)22-15-7-5-8-16(13-15)24-12-6-11-23-3;/h5,7-10,13H,4,6,11-12,14H2,1-3H3,(H2,20,21,22);1H. The molecule has 0 radical (unpaired) electrons. The highest BCUT2D eigenvalue weighted by atomic mass is 127. The summed E-state index contributed by atoms with van der Waals surface area (Å²) in [7, 11) is 3.47. The Morgan fingerprint density at radius 2 is 1.96 bits per heavy atom. The SMILES string of the molecule is CCc1ccc(CNC(=NC)Nc2cccc(OCCCOC)c2)s1.I. The molecule has 0 unspecified atom stereocenters. The van der Waals surface area contributed by atoms with Crippen LogP contribution in [0.25, 0.3) is 0 Å². The summed E-state index contributed by atoms with van der Waals surface area (Å²) >= 11 is 1.83. The minimum Gasteiger partial charge on any atom is -0.493 e. The molecule has 0 fully saturated rings. The van der Waals surface area contributed by atoms with Crippen molar-refractivity contribution in [2.24, 2.45) is 4.99 Å². The monoisotopic (exact) mass is 489 g/mol. The Morgan fingerprint density at radius 1 is 1.15 bits per heavy atom. The van der Waals surface area contributed by atoms with Crippen LogP contribution in [0.1, 0.15) is 23.1 Å². The highest BCUT2D eigenvalue weighted by Crippen LogP contribution is 2.18. The molecule has 0 aliphatic rings. The Balaban J connectivity index is 0.00000338. The fourth-order valence-electron chi connectivity index (χ4n) is 2.25. The third-order valence-electron chi connectivity index (χ3n) is 3.58. The van der Waals surface area contributed by atoms with Crippen LogP contribution in [0.5, 0.6) is 5.75 Å². The van der Waals surface area contributed by atoms with Gasteiger partial charge >= 0.3 is 0 Å². The number of nitrogens with one attached hydrogen (secondary N) is 2. The molecular formula is C19H28IN3O2S. The van der Waals surface area contributed by atoms with Gasteiger partial charge in [-0.15, -0.1) is 35.3 Å². The van der Waals surface area contributed by atoms with Gasteiger partial charge < -0.3 is 20.1 Å². The second kappa shape index (κ2) is 12.9. The molecule has 0 bridgehead atoms. The minimum atomic E-state index is 0. The lowest BCUT2D eigenvalue weighted by Gasteiger charge is -2.12. The van der Waals surface area contributed by atoms with Crippen molar-refractivity contribution in [1.82, 2.24) is 5.32 Å². The van der Waals surface area contributed by atoms with Crippen LogP contribution in [-0.2, 0) is 17.7 Å². The van der Waals surface area contributed by atoms with E-state index in [9.17, 15) is 0 Å². The van der Waals surface area contributed by atoms with E-state index in [0.717, 1.165) is 36.8 Å². The first-order valence-corrected chi connectivity index (χ1v) is 9.34. The Morgan fingerprint density at radius 3 is 2.65 bits per heavy atom. The van der Waals surface area contributed by atoms with Crippen LogP contribution in [0.4, 0.5) is 5.69 Å². The molecule has 2 rings (SSSR count). The summed E-state index contributed by atoms with van der Waals surface area (Å²) in [6.07, 6.45) is 1.95. The highest BCUT2D eigenvalue weighted by Gasteiger charge is 2.03. The number of thiophene rings is 1. The quantitative estimate of drug-likeness (QED) is 0.235. The maximum absolute atomic E-state index is 5.73. The smallest absolute Gasteiger partial charge is 0.195 e. The number of rotatable bonds is 9. The summed E-state index contributed by atoms with van der Waals surface area (Å²) < 4.78 is 10.8. The van der Waals surface area contributed by atoms with E-state index in [-0.39, 0.29) is 24.0 Å². The summed E-state index contributed by atoms with van der Waals surface area (Å²) in [4.78, 5) is 6.99. The van der Waals surface area contributed by atoms with Gasteiger partial charge in [0.2, 0.25) is 0 Å². The minimum absolute atomic E-state index is 0. The fraction of sp³-hybridized carbons (Fsp3) is 0.421. The van der Waals surface area contributed by atoms with Crippen LogP contribution in [0.3, 0.4) is 0 Å². The van der Waals surface area contributed by atoms with E-state index >= 15 is 0 Å². The zero-order chi connectivity index (χ0) is 17.9. The molecule has 0 atom stereocenters. The van der Waals surface area contributed by atoms with Gasteiger partial charge in [-0.05, 0) is 30.7 Å². The predicted octanol–water partition coefficient (Wildman–Crippen LogP) is 4.53. The number of benzene rings is 1. The van der Waals surface area contributed by atoms with Crippen LogP contribution in [0.2, 0.25) is 0 Å². The summed E-state index contributed by atoms with van der Waals surface area (Å²) in [6, 6.07) is 12.2. The molecule has 144 valence electrons. The van der Waals surface area contributed by atoms with Crippen molar-refractivity contribution in [3.63, 3.8) is 0 Å². The lowest BCUT2D eigenvalue weighted by Crippen LogP contribution is -2.29. The summed E-state index contributed by atoms with van der Waals surface area (Å²) in [6.45, 7) is 4.28. The van der Waals surface area contributed by atoms with E-state index in [1.54, 1.807) is 14.2 Å². The van der Waals surface area contributed by atoms with Crippen molar-refractivity contribution in [2.75, 3.05) is 32.7 Å². The molecule has 5 nitrogen and oxygen atoms in total. The first-order valence-electron chi connectivity index (χ1n) is 8.52. The number of halogens is 1. The fourth-order valence-corrected chi connectivity index (χ4v) is 3.15. The maximum Gasteiger partial charge on any atom is 0.195 e. The van der Waals surface area contributed by atoms with Crippen molar-refractivity contribution in [2.45, 2.75) is 26.3 Å². The second-order valence-electron chi connectivity index (χ2n) is 5.49. The van der Waals surface area contributed by atoms with E-state index in [1.165, 1.54) is 9.75 Å². The van der Waals surface area contributed by atoms with E-state index in [2.05, 4.69) is 34.7 Å². The average molecular weight is 489 g/mol. The van der Waals surface area contributed by atoms with Crippen molar-refractivity contribution < 1.29 is 9.47 Å². The summed E-state index contributed by atoms with van der Waals surface area (Å²) in [5, 5.41) is 6.64. The lowest BCUT2D eigenvalue weighted by molar-refractivity contribution is 0.172. The average Bonchev–Trinajstić information content (AvgIpc) is 3.11. The van der Waals surface area contributed by atoms with Gasteiger partial charge in [-0.25, -0.2) is 0 Å². The molecule has 2 aromatic rings. The number of hydrogen-bond acceptors (Lipinski definition) is 4. The van der Waals surface area contributed by atoms with Crippen molar-refractivity contribution in [3.8, 4) is 5.75 Å². The molecule has 1 aromatic heterocycles. The third-order valence-corrected chi connectivity index (χ3v) is 4.81. The van der Waals surface area contributed by atoms with Crippen LogP contribution in [0, 0.1) is 0 Å². The first kappa shape index (κ1) is 22.7. The van der Waals surface area contributed by atoms with E-state index < -0.39 is 0 Å². The topological polar surface area (TPSA) is 54.9 Å². The lowest BCUT2D eigenvalue weighted by atomic mass is 10.3. The number of aryl methyl sites for hydroxylation is 1. The molecule has 1 aromatic carbocycles. The molecule has 0 aliphatic carbocycles. The van der Waals surface area contributed by atoms with Crippen molar-refractivity contribution in [3.05, 3.63) is 46.2 Å². The van der Waals surface area contributed by atoms with Gasteiger partial charge in [0.15, 0.2) is 5.96 Å². The highest BCUT2D eigenvalue weighted by molar-refractivity contribution is 14.0. The Hall–Kier alpha value is -1.32. The number of anilines is 1. The molecular weight excluding hydrogens is 461 g/mol. The molecule has 0 saturated heterocycles. The molecule has 0 saturated carbocycles. The van der Waals surface area contributed by atoms with Crippen molar-refractivity contribution in [1.29, 1.82) is 0 Å². The number of aliphatic imine (C=N–C) groups is 1. The zero-order valence-electron chi connectivity index (χ0n) is 15.6. The van der Waals surface area contributed by atoms with Gasteiger partial charge in [0.25, 0.3) is 0 Å². The van der Waals surface area contributed by atoms with E-state index in [0.29, 0.717) is 13.2 Å². The maximum atomic E-state index is 5.73. The van der Waals surface area contributed by atoms with Gasteiger partial charge in [-0.1, -0.05) is 13.0 Å². The zero-order valence-corrected chi connectivity index (χ0v) is 18.7. The molecule has 7 heteroatoms. The largest absolute Gasteiger partial charge is 0.493 e. The number of nitrogens with zero attached hydrogens (tertiary/aromatic N) is 1. The third kappa shape index (κ3) is 7.92. The van der Waals surface area contributed by atoms with E-state index in [1.807, 2.05) is 35.6 Å². The molecule has 0 spiro atoms. The predicted molar refractivity (Wildman–Crippen MR) is 121 cm³/mol. The van der Waals surface area contributed by atoms with Crippen LogP contribution < -0.4 is 15.4 Å². The van der Waals surface area contributed by atoms with Gasteiger partial charge in [0.1, 0.15) is 5.75 Å². The Labute approximate surface area is 177 Å². The first-order chi connectivity index (χ1) is 12.2. The van der Waals surface area contributed by atoms with Crippen LogP contribution >= 0.6 is 35.3 Å². The number of guanidine groups is 1. The normalized spacial score (nSPS) is 11.0. The number of hydrogen-bond donors (Lipinski definition) is 2. The number of ether oxygens (including phenoxy) is 2. The molecule has 0 aliphatic heterocycles. The van der Waals surface area contributed by atoms with Crippen LogP contribution in [-0.4, -0.2) is 33.3 Å². The molecule has 0 amide bonds. The molecule has 2 N–H and O–H groups in total. The van der Waals surface area contributed by atoms with Gasteiger partial charge in [-0.2, -0.15) is 0 Å². The summed E-state index contributed by atoms with van der Waals surface area (Å²) in [5.41, 5.74) is 0.942. The van der Waals surface area contributed by atoms with Gasteiger partial charge in [0, 0.05) is 48.7 Å². The number of methoxy groups -OCH3 is 1. The van der Waals surface area contributed by atoms with Crippen LogP contribution in [0.15, 0.2) is 41.4 Å². The van der Waals surface area contributed by atoms with Gasteiger partial charge in [0.05, 0.1) is 13.2 Å². The van der Waals surface area contributed by atoms with E-state index in [4.69, 9.17) is 9.47 Å². The Bertz CT molecular complexity index is 676. The van der Waals surface area contributed by atoms with Gasteiger partial charge in [-0.3, -0.25) is 4.99 Å². The molecule has 1 heterocycles. The Kier molecular flexibility index (Phi) is 11.3. The second-order valence-corrected chi connectivity index (χ2v) is 6.75. The molecule has 26 heavy (non-hydrogen) atoms. The summed E-state index contributed by atoms with van der Waals surface area (Å²) in [5.74, 6) is 1.57. The van der Waals surface area contributed by atoms with Crippen molar-refractivity contribution >= 4 is 47.0 Å².